The molecule has 11 heteroatoms. The predicted molar refractivity (Wildman–Crippen MR) is 84.6 cm³/mol. The number of nitrogens with one attached hydrogen (secondary N) is 3. The van der Waals surface area contributed by atoms with Gasteiger partial charge in [0.05, 0.1) is 11.7 Å². The molecule has 138 valence electrons. The number of anilines is 1. The largest absolute Gasteiger partial charge is 0.352 e. The van der Waals surface area contributed by atoms with Crippen LogP contribution in [-0.4, -0.2) is 23.2 Å². The third kappa shape index (κ3) is 3.62. The second-order valence-electron chi connectivity index (χ2n) is 5.58. The first-order chi connectivity index (χ1) is 12.3. The zero-order valence-electron chi connectivity index (χ0n) is 13.0. The normalized spacial score (nSPS) is 14.8. The number of rotatable bonds is 5. The lowest BCUT2D eigenvalue weighted by atomic mass is 10.0. The van der Waals surface area contributed by atoms with Crippen LogP contribution in [0.15, 0.2) is 24.4 Å². The maximum atomic E-state index is 14.0. The number of alkyl halides is 2. The topological polar surface area (TPSA) is 83.1 Å². The lowest BCUT2D eigenvalue weighted by Crippen LogP contribution is -2.44. The lowest BCUT2D eigenvalue weighted by Gasteiger charge is -2.18. The van der Waals surface area contributed by atoms with Gasteiger partial charge in [0, 0.05) is 5.56 Å². The highest BCUT2D eigenvalue weighted by Crippen LogP contribution is 2.50. The standard InChI is InChI=1S/C15H12F4N4O2S/c16-7-2-1-3-8(17)10(7)15(4-5-15)21-14-20-6-9(26-14)12(24)22-23-13(25)11(18)19/h1-3,6,11H,4-5H2,(H,20,21)(H,22,24)(H,23,25). The molecule has 6 nitrogen and oxygen atoms in total. The van der Waals surface area contributed by atoms with Gasteiger partial charge in [-0.1, -0.05) is 17.4 Å². The summed E-state index contributed by atoms with van der Waals surface area (Å²) < 4.78 is 52.1. The number of nitrogens with zero attached hydrogens (tertiary/aromatic N) is 1. The Morgan fingerprint density at radius 3 is 2.38 bits per heavy atom. The van der Waals surface area contributed by atoms with Crippen molar-refractivity contribution in [3.8, 4) is 0 Å². The molecule has 0 aliphatic heterocycles. The molecule has 1 aliphatic rings. The average molecular weight is 388 g/mol. The molecule has 0 bridgehead atoms. The summed E-state index contributed by atoms with van der Waals surface area (Å²) in [7, 11) is 0. The van der Waals surface area contributed by atoms with E-state index in [-0.39, 0.29) is 15.6 Å². The van der Waals surface area contributed by atoms with Gasteiger partial charge in [-0.25, -0.2) is 13.8 Å². The molecule has 0 unspecified atom stereocenters. The lowest BCUT2D eigenvalue weighted by molar-refractivity contribution is -0.132. The Hall–Kier alpha value is -2.69. The van der Waals surface area contributed by atoms with E-state index in [0.29, 0.717) is 12.8 Å². The maximum absolute atomic E-state index is 14.0. The fourth-order valence-electron chi connectivity index (χ4n) is 2.39. The second kappa shape index (κ2) is 6.90. The number of benzene rings is 1. The highest BCUT2D eigenvalue weighted by atomic mass is 32.1. The van der Waals surface area contributed by atoms with E-state index in [9.17, 15) is 27.2 Å². The van der Waals surface area contributed by atoms with Crippen molar-refractivity contribution >= 4 is 28.3 Å². The van der Waals surface area contributed by atoms with Crippen molar-refractivity contribution in [2.75, 3.05) is 5.32 Å². The van der Waals surface area contributed by atoms with Gasteiger partial charge in [-0.15, -0.1) is 0 Å². The van der Waals surface area contributed by atoms with Gasteiger partial charge >= 0.3 is 12.3 Å². The first kappa shape index (κ1) is 18.1. The molecule has 1 aromatic heterocycles. The van der Waals surface area contributed by atoms with Gasteiger partial charge in [0.15, 0.2) is 5.13 Å². The fourth-order valence-corrected chi connectivity index (χ4v) is 3.20. The van der Waals surface area contributed by atoms with Crippen LogP contribution in [-0.2, 0) is 10.3 Å². The molecule has 3 rings (SSSR count). The highest BCUT2D eigenvalue weighted by Gasteiger charge is 2.48. The van der Waals surface area contributed by atoms with Crippen LogP contribution in [0.25, 0.3) is 0 Å². The van der Waals surface area contributed by atoms with E-state index in [4.69, 9.17) is 0 Å². The van der Waals surface area contributed by atoms with Crippen molar-refractivity contribution in [1.82, 2.24) is 15.8 Å². The summed E-state index contributed by atoms with van der Waals surface area (Å²) >= 11 is 0.856. The van der Waals surface area contributed by atoms with E-state index < -0.39 is 35.4 Å². The van der Waals surface area contributed by atoms with Crippen molar-refractivity contribution in [3.63, 3.8) is 0 Å². The number of carbonyl (C=O) groups is 2. The molecule has 1 heterocycles. The summed E-state index contributed by atoms with van der Waals surface area (Å²) in [5, 5.41) is 3.16. The summed E-state index contributed by atoms with van der Waals surface area (Å²) in [5.41, 5.74) is 2.36. The molecule has 0 saturated heterocycles. The summed E-state index contributed by atoms with van der Waals surface area (Å²) in [6, 6.07) is 3.59. The molecular formula is C15H12F4N4O2S. The number of halogens is 4. The van der Waals surface area contributed by atoms with Crippen molar-refractivity contribution in [1.29, 1.82) is 0 Å². The Kier molecular flexibility index (Phi) is 4.81. The molecule has 2 aromatic rings. The molecule has 1 fully saturated rings. The van der Waals surface area contributed by atoms with E-state index >= 15 is 0 Å². The van der Waals surface area contributed by atoms with Gasteiger partial charge in [0.2, 0.25) is 0 Å². The molecule has 26 heavy (non-hydrogen) atoms. The Labute approximate surface area is 148 Å². The van der Waals surface area contributed by atoms with Gasteiger partial charge in [-0.3, -0.25) is 20.4 Å². The average Bonchev–Trinajstić information content (AvgIpc) is 3.19. The molecule has 1 aliphatic carbocycles. The molecule has 1 aromatic carbocycles. The van der Waals surface area contributed by atoms with Crippen molar-refractivity contribution < 1.29 is 27.2 Å². The second-order valence-corrected chi connectivity index (χ2v) is 6.61. The number of thiazole rings is 1. The minimum Gasteiger partial charge on any atom is -0.352 e. The van der Waals surface area contributed by atoms with Crippen LogP contribution in [0.2, 0.25) is 0 Å². The number of hydrogen-bond acceptors (Lipinski definition) is 5. The Morgan fingerprint density at radius 2 is 1.81 bits per heavy atom. The monoisotopic (exact) mass is 388 g/mol. The Balaban J connectivity index is 1.69. The van der Waals surface area contributed by atoms with E-state index in [2.05, 4.69) is 10.3 Å². The zero-order chi connectivity index (χ0) is 18.9. The maximum Gasteiger partial charge on any atom is 0.317 e. The third-order valence-electron chi connectivity index (χ3n) is 3.76. The molecule has 0 radical (unpaired) electrons. The van der Waals surface area contributed by atoms with Crippen molar-refractivity contribution in [2.24, 2.45) is 0 Å². The van der Waals surface area contributed by atoms with Gasteiger partial charge in [0.1, 0.15) is 16.5 Å². The number of aromatic nitrogens is 1. The number of amides is 2. The first-order valence-electron chi connectivity index (χ1n) is 7.39. The summed E-state index contributed by atoms with van der Waals surface area (Å²) in [6.45, 7) is 0. The minimum atomic E-state index is -3.26. The number of carbonyl (C=O) groups excluding carboxylic acids is 2. The van der Waals surface area contributed by atoms with Gasteiger partial charge < -0.3 is 5.32 Å². The van der Waals surface area contributed by atoms with Crippen LogP contribution in [0.1, 0.15) is 28.1 Å². The van der Waals surface area contributed by atoms with Crippen molar-refractivity contribution in [2.45, 2.75) is 24.8 Å². The molecule has 3 N–H and O–H groups in total. The number of hydrazine groups is 1. The Bertz CT molecular complexity index is 834. The molecule has 0 atom stereocenters. The first-order valence-corrected chi connectivity index (χ1v) is 8.21. The van der Waals surface area contributed by atoms with Gasteiger partial charge in [-0.05, 0) is 25.0 Å². The molecule has 0 spiro atoms. The van der Waals surface area contributed by atoms with Crippen LogP contribution in [0.3, 0.4) is 0 Å². The minimum absolute atomic E-state index is 0.0203. The zero-order valence-corrected chi connectivity index (χ0v) is 13.8. The highest BCUT2D eigenvalue weighted by molar-refractivity contribution is 7.17. The summed E-state index contributed by atoms with van der Waals surface area (Å²) in [4.78, 5) is 26.5. The van der Waals surface area contributed by atoms with E-state index in [1.54, 1.807) is 5.43 Å². The quantitative estimate of drug-likeness (QED) is 0.543. The van der Waals surface area contributed by atoms with Crippen molar-refractivity contribution in [3.05, 3.63) is 46.5 Å². The molecule has 2 amide bonds. The summed E-state index contributed by atoms with van der Waals surface area (Å²) in [6.07, 6.45) is -1.14. The predicted octanol–water partition coefficient (Wildman–Crippen LogP) is 2.55. The fraction of sp³-hybridized carbons (Fsp3) is 0.267. The van der Waals surface area contributed by atoms with Crippen LogP contribution in [0.5, 0.6) is 0 Å². The summed E-state index contributed by atoms with van der Waals surface area (Å²) in [5.74, 6) is -3.85. The Morgan fingerprint density at radius 1 is 1.15 bits per heavy atom. The van der Waals surface area contributed by atoms with Crippen LogP contribution >= 0.6 is 11.3 Å². The smallest absolute Gasteiger partial charge is 0.317 e. The van der Waals surface area contributed by atoms with E-state index in [1.807, 2.05) is 5.43 Å². The molecule has 1 saturated carbocycles. The van der Waals surface area contributed by atoms with Crippen LogP contribution in [0, 0.1) is 11.6 Å². The van der Waals surface area contributed by atoms with E-state index in [1.165, 1.54) is 6.07 Å². The van der Waals surface area contributed by atoms with E-state index in [0.717, 1.165) is 29.7 Å². The number of hydrogen-bond donors (Lipinski definition) is 3. The van der Waals surface area contributed by atoms with Crippen LogP contribution in [0.4, 0.5) is 22.7 Å². The van der Waals surface area contributed by atoms with Gasteiger partial charge in [-0.2, -0.15) is 8.78 Å². The molecular weight excluding hydrogens is 376 g/mol. The SMILES string of the molecule is O=C(NNC(=O)C(F)F)c1cnc(NC2(c3c(F)cccc3F)CC2)s1. The van der Waals surface area contributed by atoms with Crippen LogP contribution < -0.4 is 16.2 Å². The van der Waals surface area contributed by atoms with Gasteiger partial charge in [0.25, 0.3) is 5.91 Å². The third-order valence-corrected chi connectivity index (χ3v) is 4.68.